The predicted molar refractivity (Wildman–Crippen MR) is 472 cm³/mol. The number of fused-ring (bicyclic) bond motifs is 13. The van der Waals surface area contributed by atoms with Crippen molar-refractivity contribution in [1.29, 1.82) is 0 Å². The smallest absolute Gasteiger partial charge is 0.252 e. The van der Waals surface area contributed by atoms with Gasteiger partial charge in [0.05, 0.1) is 51.4 Å². The molecule has 0 aliphatic carbocycles. The van der Waals surface area contributed by atoms with Crippen LogP contribution in [0.25, 0.3) is 121 Å². The van der Waals surface area contributed by atoms with Crippen molar-refractivity contribution in [3.8, 4) is 55.9 Å². The summed E-state index contributed by atoms with van der Waals surface area (Å²) in [6.07, 6.45) is 0. The summed E-state index contributed by atoms with van der Waals surface area (Å²) in [6, 6.07) is 95.1. The van der Waals surface area contributed by atoms with Crippen LogP contribution in [-0.4, -0.2) is 15.8 Å². The van der Waals surface area contributed by atoms with Crippen LogP contribution in [0.4, 0.5) is 34.1 Å². The summed E-state index contributed by atoms with van der Waals surface area (Å²) in [5.74, 6) is 0. The zero-order chi connectivity index (χ0) is 80.2. The molecule has 0 saturated heterocycles. The van der Waals surface area contributed by atoms with E-state index in [9.17, 15) is 5.48 Å². The fraction of sp³-hybridized carbons (Fsp3) is 0.192. The molecule has 14 aromatic carbocycles. The van der Waals surface area contributed by atoms with Gasteiger partial charge in [-0.1, -0.05) is 286 Å². The molecule has 0 fully saturated rings. The fourth-order valence-electron chi connectivity index (χ4n) is 17.5. The molecule has 2 aliphatic heterocycles. The molecule has 17 aromatic rings. The molecule has 0 atom stereocenters. The molecule has 5 heterocycles. The van der Waals surface area contributed by atoms with Gasteiger partial charge in [-0.05, 0) is 214 Å². The van der Waals surface area contributed by atoms with E-state index in [-0.39, 0.29) is 44.7 Å². The molecule has 538 valence electrons. The van der Waals surface area contributed by atoms with Gasteiger partial charge < -0.3 is 23.4 Å². The molecule has 0 saturated carbocycles. The number of rotatable bonds is 8. The number of nitrogens with zero attached hydrogens (tertiary/aromatic N) is 4. The van der Waals surface area contributed by atoms with E-state index in [0.29, 0.717) is 5.56 Å². The molecular formula is C104H93BN4O. The van der Waals surface area contributed by atoms with E-state index in [1.54, 1.807) is 0 Å². The Balaban J connectivity index is 1.04. The zero-order valence-electron chi connectivity index (χ0n) is 70.6. The van der Waals surface area contributed by atoms with E-state index in [1.807, 2.05) is 6.07 Å². The van der Waals surface area contributed by atoms with Crippen molar-refractivity contribution in [2.45, 2.75) is 131 Å². The molecule has 0 amide bonds. The Bertz CT molecular complexity index is 6700. The lowest BCUT2D eigenvalue weighted by Crippen LogP contribution is -2.61. The highest BCUT2D eigenvalue weighted by Gasteiger charge is 2.46. The van der Waals surface area contributed by atoms with Crippen molar-refractivity contribution in [2.75, 3.05) is 9.80 Å². The highest BCUT2D eigenvalue weighted by Crippen LogP contribution is 2.55. The number of anilines is 6. The molecule has 0 bridgehead atoms. The molecule has 0 unspecified atom stereocenters. The van der Waals surface area contributed by atoms with E-state index in [2.05, 4.69) is 378 Å². The first kappa shape index (κ1) is 63.1. The summed E-state index contributed by atoms with van der Waals surface area (Å²) in [6.45, 7) is 34.0. The van der Waals surface area contributed by atoms with Crippen molar-refractivity contribution in [1.82, 2.24) is 9.13 Å². The summed E-state index contributed by atoms with van der Waals surface area (Å²) in [5, 5.41) is 6.65. The summed E-state index contributed by atoms with van der Waals surface area (Å²) in [4.78, 5) is 5.09. The van der Waals surface area contributed by atoms with Crippen LogP contribution in [0.2, 0.25) is 0 Å². The maximum absolute atomic E-state index is 9.79. The monoisotopic (exact) mass is 1430 g/mol. The Morgan fingerprint density at radius 2 is 0.709 bits per heavy atom. The molecule has 0 radical (unpaired) electrons. The summed E-state index contributed by atoms with van der Waals surface area (Å²) in [5.41, 5.74) is 28.3. The minimum absolute atomic E-state index is 0.119. The summed E-state index contributed by atoms with van der Waals surface area (Å²) >= 11 is 0. The molecule has 3 aromatic heterocycles. The van der Waals surface area contributed by atoms with Crippen LogP contribution in [0.3, 0.4) is 0 Å². The molecule has 5 nitrogen and oxygen atoms in total. The van der Waals surface area contributed by atoms with Crippen molar-refractivity contribution in [3.63, 3.8) is 0 Å². The largest absolute Gasteiger partial charge is 0.456 e. The van der Waals surface area contributed by atoms with Crippen molar-refractivity contribution in [3.05, 3.63) is 319 Å². The number of para-hydroxylation sites is 1. The number of hydrogen-bond donors (Lipinski definition) is 0. The van der Waals surface area contributed by atoms with Gasteiger partial charge in [0, 0.05) is 66.5 Å². The molecular weight excluding hydrogens is 1330 g/mol. The average molecular weight is 1430 g/mol. The van der Waals surface area contributed by atoms with Gasteiger partial charge in [0.15, 0.2) is 0 Å². The Morgan fingerprint density at radius 1 is 0.291 bits per heavy atom. The van der Waals surface area contributed by atoms with Crippen LogP contribution >= 0.6 is 0 Å². The molecule has 0 N–H and O–H groups in total. The molecule has 19 rings (SSSR count). The summed E-state index contributed by atoms with van der Waals surface area (Å²) in [7, 11) is 0. The lowest BCUT2D eigenvalue weighted by molar-refractivity contribution is 0.590. The standard InChI is InChI=1S/C104H93BN4O/c1-100(2,3)70-41-48-86-80(55-70)81-56-71(101(4,5)6)42-49-87(81)106(86)75-45-47-85-91(61-75)108(92-53-69(65-32-22-17-23-33-65)54-96-97(92)77-38-28-29-39-95(77)110-96)93-62-76(107-88-50-43-72(102(7,8)9)57-82(88)83-58-73(103(10,11)12)44-51-89(83)107)63-94-98(93)105(85)84-46-40-68(64-30-20-16-21-31-64)52-90(84)109(94)99-78(66-34-24-18-25-35-66)59-74(104(13,14)15)60-79(99)67-36-26-19-27-37-67/h16-63H,1-15H3/i16D,20D,21D,30D,31D. The third-order valence-electron chi connectivity index (χ3n) is 23.5. The third kappa shape index (κ3) is 11.2. The van der Waals surface area contributed by atoms with Gasteiger partial charge in [-0.15, -0.1) is 0 Å². The quantitative estimate of drug-likeness (QED) is 0.142. The van der Waals surface area contributed by atoms with Crippen LogP contribution in [0.5, 0.6) is 0 Å². The second kappa shape index (κ2) is 24.8. The highest BCUT2D eigenvalue weighted by molar-refractivity contribution is 7.00. The van der Waals surface area contributed by atoms with Crippen molar-refractivity contribution >= 4 is 123 Å². The normalized spacial score (nSPS) is 14.0. The Hall–Kier alpha value is -11.9. The van der Waals surface area contributed by atoms with E-state index in [4.69, 9.17) is 5.79 Å². The number of hydrogen-bond acceptors (Lipinski definition) is 3. The second-order valence-corrected chi connectivity index (χ2v) is 35.9. The maximum Gasteiger partial charge on any atom is 0.252 e. The van der Waals surface area contributed by atoms with Gasteiger partial charge in [0.2, 0.25) is 0 Å². The van der Waals surface area contributed by atoms with Crippen molar-refractivity contribution in [2.24, 2.45) is 0 Å². The highest BCUT2D eigenvalue weighted by atomic mass is 16.3. The molecule has 6 heteroatoms. The maximum atomic E-state index is 9.79. The third-order valence-corrected chi connectivity index (χ3v) is 23.5. The van der Waals surface area contributed by atoms with Gasteiger partial charge in [0.1, 0.15) is 11.2 Å². The van der Waals surface area contributed by atoms with Crippen LogP contribution < -0.4 is 26.2 Å². The predicted octanol–water partition coefficient (Wildman–Crippen LogP) is 27.0. The lowest BCUT2D eigenvalue weighted by Gasteiger charge is -2.45. The van der Waals surface area contributed by atoms with Gasteiger partial charge in [-0.25, -0.2) is 0 Å². The Labute approximate surface area is 654 Å². The van der Waals surface area contributed by atoms with Crippen molar-refractivity contribution < 1.29 is 11.3 Å². The topological polar surface area (TPSA) is 29.5 Å². The fourth-order valence-corrected chi connectivity index (χ4v) is 17.5. The minimum atomic E-state index is -0.494. The van der Waals surface area contributed by atoms with Gasteiger partial charge in [-0.3, -0.25) is 0 Å². The molecule has 0 spiro atoms. The van der Waals surface area contributed by atoms with Gasteiger partial charge >= 0.3 is 0 Å². The number of aromatic nitrogens is 2. The zero-order valence-corrected chi connectivity index (χ0v) is 65.6. The Morgan fingerprint density at radius 3 is 1.20 bits per heavy atom. The average Bonchev–Trinajstić information content (AvgIpc) is 1.64. The second-order valence-electron chi connectivity index (χ2n) is 35.9. The van der Waals surface area contributed by atoms with E-state index < -0.39 is 24.8 Å². The Kier molecular flexibility index (Phi) is 14.2. The number of benzene rings is 14. The van der Waals surface area contributed by atoms with E-state index >= 15 is 0 Å². The van der Waals surface area contributed by atoms with Crippen LogP contribution in [-0.2, 0) is 27.1 Å². The van der Waals surface area contributed by atoms with E-state index in [0.717, 1.165) is 156 Å². The molecule has 110 heavy (non-hydrogen) atoms. The minimum Gasteiger partial charge on any atom is -0.456 e. The first-order chi connectivity index (χ1) is 54.8. The lowest BCUT2D eigenvalue weighted by atomic mass is 9.33. The van der Waals surface area contributed by atoms with Crippen LogP contribution in [0.1, 0.15) is 139 Å². The summed E-state index contributed by atoms with van der Waals surface area (Å²) < 4.78 is 59.3. The van der Waals surface area contributed by atoms with Crippen LogP contribution in [0, 0.1) is 0 Å². The molecule has 2 aliphatic rings. The van der Waals surface area contributed by atoms with Gasteiger partial charge in [0.25, 0.3) is 6.71 Å². The first-order valence-electron chi connectivity index (χ1n) is 41.4. The van der Waals surface area contributed by atoms with Crippen LogP contribution in [0.15, 0.2) is 295 Å². The van der Waals surface area contributed by atoms with E-state index in [1.165, 1.54) is 33.0 Å². The number of furan rings is 1. The first-order valence-corrected chi connectivity index (χ1v) is 38.9. The SMILES string of the molecule is [2H]c1c([2H])c([2H])c(-c2ccc3c(c2)N(c2c(-c4ccccc4)cc(C(C)(C)C)cc2-c2ccccc2)c2cc(-n4c5ccc(C(C)(C)C)cc5c5cc(C(C)(C)C)ccc54)cc4c2B3c2ccc(-n3c5ccc(C(C)(C)C)cc5c5cc(C(C)(C)C)ccc53)cc2N4c2cc(-c3ccccc3)cc3oc4ccccc4c23)c([2H])c1[2H]. The van der Waals surface area contributed by atoms with Gasteiger partial charge in [-0.2, -0.15) is 0 Å².